The first kappa shape index (κ1) is 15.5. The second-order valence-corrected chi connectivity index (χ2v) is 6.08. The molecule has 0 radical (unpaired) electrons. The summed E-state index contributed by atoms with van der Waals surface area (Å²) < 4.78 is 14.9. The summed E-state index contributed by atoms with van der Waals surface area (Å²) in [6, 6.07) is 9.88. The van der Waals surface area contributed by atoms with Gasteiger partial charge in [-0.3, -0.25) is 9.36 Å². The predicted molar refractivity (Wildman–Crippen MR) is 90.8 cm³/mol. The van der Waals surface area contributed by atoms with Crippen molar-refractivity contribution >= 4 is 5.91 Å². The first-order chi connectivity index (χ1) is 12.2. The van der Waals surface area contributed by atoms with Gasteiger partial charge < -0.3 is 4.90 Å². The second kappa shape index (κ2) is 6.47. The van der Waals surface area contributed by atoms with Crippen molar-refractivity contribution in [3.8, 4) is 5.82 Å². The number of carbonyl (C=O) groups excluding carboxylic acids is 1. The van der Waals surface area contributed by atoms with Crippen molar-refractivity contribution in [2.24, 2.45) is 0 Å². The smallest absolute Gasteiger partial charge is 0.254 e. The first-order valence-electron chi connectivity index (χ1n) is 8.23. The highest BCUT2D eigenvalue weighted by molar-refractivity contribution is 5.95. The third-order valence-corrected chi connectivity index (χ3v) is 4.53. The molecule has 2 aromatic heterocycles. The summed E-state index contributed by atoms with van der Waals surface area (Å²) in [7, 11) is 0. The van der Waals surface area contributed by atoms with Crippen molar-refractivity contribution < 1.29 is 9.18 Å². The number of hydrogen-bond acceptors (Lipinski definition) is 3. The number of likely N-dealkylation sites (tertiary alicyclic amines) is 1. The summed E-state index contributed by atoms with van der Waals surface area (Å²) in [4.78, 5) is 23.2. The topological polar surface area (TPSA) is 51.0 Å². The summed E-state index contributed by atoms with van der Waals surface area (Å²) in [6.07, 6.45) is 8.55. The van der Waals surface area contributed by atoms with Gasteiger partial charge in [0, 0.05) is 30.7 Å². The molecule has 0 unspecified atom stereocenters. The lowest BCUT2D eigenvalue weighted by Gasteiger charge is -2.25. The lowest BCUT2D eigenvalue weighted by atomic mass is 10.0. The lowest BCUT2D eigenvalue weighted by molar-refractivity contribution is 0.0735. The van der Waals surface area contributed by atoms with Crippen molar-refractivity contribution in [1.82, 2.24) is 19.4 Å². The number of hydrogen-bond donors (Lipinski definition) is 0. The summed E-state index contributed by atoms with van der Waals surface area (Å²) in [5, 5.41) is 0. The number of benzene rings is 1. The van der Waals surface area contributed by atoms with Crippen molar-refractivity contribution in [1.29, 1.82) is 0 Å². The van der Waals surface area contributed by atoms with Crippen LogP contribution in [0.2, 0.25) is 0 Å². The van der Waals surface area contributed by atoms with Gasteiger partial charge in [-0.1, -0.05) is 12.1 Å². The van der Waals surface area contributed by atoms with E-state index in [4.69, 9.17) is 0 Å². The lowest BCUT2D eigenvalue weighted by Crippen LogP contribution is -2.30. The molecule has 0 N–H and O–H groups in total. The number of carbonyl (C=O) groups is 1. The van der Waals surface area contributed by atoms with E-state index in [0.717, 1.165) is 18.4 Å². The molecule has 1 amide bonds. The van der Waals surface area contributed by atoms with E-state index in [0.29, 0.717) is 17.9 Å². The van der Waals surface area contributed by atoms with E-state index in [9.17, 15) is 9.18 Å². The van der Waals surface area contributed by atoms with Crippen LogP contribution in [0.5, 0.6) is 0 Å². The van der Waals surface area contributed by atoms with Gasteiger partial charge in [-0.25, -0.2) is 14.4 Å². The van der Waals surface area contributed by atoms with E-state index >= 15 is 0 Å². The number of rotatable bonds is 3. The van der Waals surface area contributed by atoms with E-state index in [1.807, 2.05) is 4.90 Å². The van der Waals surface area contributed by atoms with Gasteiger partial charge >= 0.3 is 0 Å². The Morgan fingerprint density at radius 1 is 1.16 bits per heavy atom. The molecular weight excluding hydrogens is 319 g/mol. The van der Waals surface area contributed by atoms with Crippen molar-refractivity contribution in [3.05, 3.63) is 78.3 Å². The van der Waals surface area contributed by atoms with Crippen LogP contribution < -0.4 is 0 Å². The average molecular weight is 336 g/mol. The standard InChI is InChI=1S/C19H17FN4O/c20-16-5-3-14(4-6-16)17-2-1-10-24(17)19(25)15-7-8-22-18(12-15)23-11-9-21-13-23/h3-9,11-13,17H,1-2,10H2/t17-/m1/s1. The van der Waals surface area contributed by atoms with Gasteiger partial charge in [0.25, 0.3) is 5.91 Å². The molecule has 5 nitrogen and oxygen atoms in total. The minimum Gasteiger partial charge on any atom is -0.332 e. The number of amides is 1. The Balaban J connectivity index is 1.61. The zero-order valence-electron chi connectivity index (χ0n) is 13.5. The van der Waals surface area contributed by atoms with Gasteiger partial charge in [0.1, 0.15) is 18.0 Å². The van der Waals surface area contributed by atoms with E-state index < -0.39 is 0 Å². The Morgan fingerprint density at radius 3 is 2.76 bits per heavy atom. The Bertz CT molecular complexity index is 877. The quantitative estimate of drug-likeness (QED) is 0.737. The highest BCUT2D eigenvalue weighted by Crippen LogP contribution is 2.33. The summed E-state index contributed by atoms with van der Waals surface area (Å²) in [6.45, 7) is 0.698. The highest BCUT2D eigenvalue weighted by Gasteiger charge is 2.30. The second-order valence-electron chi connectivity index (χ2n) is 6.08. The minimum absolute atomic E-state index is 0.0158. The van der Waals surface area contributed by atoms with Crippen LogP contribution in [0.4, 0.5) is 4.39 Å². The van der Waals surface area contributed by atoms with Crippen LogP contribution in [-0.4, -0.2) is 31.9 Å². The molecule has 0 bridgehead atoms. The van der Waals surface area contributed by atoms with Crippen molar-refractivity contribution in [3.63, 3.8) is 0 Å². The molecule has 1 fully saturated rings. The van der Waals surface area contributed by atoms with Crippen LogP contribution in [-0.2, 0) is 0 Å². The van der Waals surface area contributed by atoms with Gasteiger partial charge in [-0.15, -0.1) is 0 Å². The van der Waals surface area contributed by atoms with Crippen LogP contribution in [0, 0.1) is 5.82 Å². The number of pyridine rings is 1. The van der Waals surface area contributed by atoms with Crippen LogP contribution in [0.1, 0.15) is 34.8 Å². The SMILES string of the molecule is O=C(c1ccnc(-n2ccnc2)c1)N1CCC[C@@H]1c1ccc(F)cc1. The fourth-order valence-electron chi connectivity index (χ4n) is 3.29. The Labute approximate surface area is 144 Å². The molecule has 1 aromatic carbocycles. The van der Waals surface area contributed by atoms with Crippen LogP contribution >= 0.6 is 0 Å². The Hall–Kier alpha value is -3.02. The molecule has 0 spiro atoms. The molecule has 6 heteroatoms. The number of nitrogens with zero attached hydrogens (tertiary/aromatic N) is 4. The molecular formula is C19H17FN4O. The molecule has 126 valence electrons. The van der Waals surface area contributed by atoms with Crippen molar-refractivity contribution in [2.75, 3.05) is 6.54 Å². The maximum absolute atomic E-state index is 13.2. The normalized spacial score (nSPS) is 17.0. The molecule has 25 heavy (non-hydrogen) atoms. The fraction of sp³-hybridized carbons (Fsp3) is 0.211. The third kappa shape index (κ3) is 3.03. The third-order valence-electron chi connectivity index (χ3n) is 4.53. The molecule has 0 aliphatic carbocycles. The fourth-order valence-corrected chi connectivity index (χ4v) is 3.29. The monoisotopic (exact) mass is 336 g/mol. The number of halogens is 1. The van der Waals surface area contributed by atoms with Crippen molar-refractivity contribution in [2.45, 2.75) is 18.9 Å². The van der Waals surface area contributed by atoms with Gasteiger partial charge in [-0.05, 0) is 42.7 Å². The zero-order chi connectivity index (χ0) is 17.2. The number of aromatic nitrogens is 3. The van der Waals surface area contributed by atoms with E-state index in [1.165, 1.54) is 12.1 Å². The largest absolute Gasteiger partial charge is 0.332 e. The van der Waals surface area contributed by atoms with Gasteiger partial charge in [0.2, 0.25) is 0 Å². The molecule has 1 aliphatic heterocycles. The molecule has 3 heterocycles. The summed E-state index contributed by atoms with van der Waals surface area (Å²) in [5.41, 5.74) is 1.56. The minimum atomic E-state index is -0.265. The van der Waals surface area contributed by atoms with Gasteiger partial charge in [0.15, 0.2) is 0 Å². The Kier molecular flexibility index (Phi) is 4.01. The van der Waals surface area contributed by atoms with E-state index in [1.54, 1.807) is 53.8 Å². The van der Waals surface area contributed by atoms with Crippen LogP contribution in [0.15, 0.2) is 61.3 Å². The van der Waals surface area contributed by atoms with Gasteiger partial charge in [0.05, 0.1) is 6.04 Å². The molecule has 0 saturated carbocycles. The van der Waals surface area contributed by atoms with E-state index in [-0.39, 0.29) is 17.8 Å². The molecule has 3 aromatic rings. The maximum Gasteiger partial charge on any atom is 0.254 e. The summed E-state index contributed by atoms with van der Waals surface area (Å²) >= 11 is 0. The average Bonchev–Trinajstić information content (AvgIpc) is 3.34. The summed E-state index contributed by atoms with van der Waals surface area (Å²) in [5.74, 6) is 0.357. The molecule has 1 saturated heterocycles. The van der Waals surface area contributed by atoms with Crippen LogP contribution in [0.25, 0.3) is 5.82 Å². The predicted octanol–water partition coefficient (Wildman–Crippen LogP) is 3.38. The maximum atomic E-state index is 13.2. The molecule has 1 atom stereocenters. The molecule has 4 rings (SSSR count). The Morgan fingerprint density at radius 2 is 2.00 bits per heavy atom. The zero-order valence-corrected chi connectivity index (χ0v) is 13.5. The van der Waals surface area contributed by atoms with Gasteiger partial charge in [-0.2, -0.15) is 0 Å². The first-order valence-corrected chi connectivity index (χ1v) is 8.23. The van der Waals surface area contributed by atoms with E-state index in [2.05, 4.69) is 9.97 Å². The molecule has 1 aliphatic rings. The highest BCUT2D eigenvalue weighted by atomic mass is 19.1. The number of imidazole rings is 1. The van der Waals surface area contributed by atoms with Crippen LogP contribution in [0.3, 0.4) is 0 Å².